The van der Waals surface area contributed by atoms with Crippen molar-refractivity contribution in [1.82, 2.24) is 4.90 Å². The fourth-order valence-corrected chi connectivity index (χ4v) is 1.92. The topological polar surface area (TPSA) is 12.5 Å². The predicted octanol–water partition coefficient (Wildman–Crippen LogP) is 3.45. The number of hydrogen-bond donors (Lipinski definition) is 0. The van der Waals surface area contributed by atoms with Crippen LogP contribution in [-0.4, -0.2) is 49.3 Å². The Labute approximate surface area is 110 Å². The van der Waals surface area contributed by atoms with E-state index in [4.69, 9.17) is 0 Å². The SMILES string of the molecule is CCCCN(CCBr)CCCOCC(F)(F)F. The fourth-order valence-electron chi connectivity index (χ4n) is 1.41. The molecule has 0 aromatic heterocycles. The van der Waals surface area contributed by atoms with Gasteiger partial charge >= 0.3 is 6.18 Å². The van der Waals surface area contributed by atoms with E-state index in [1.165, 1.54) is 0 Å². The van der Waals surface area contributed by atoms with Crippen LogP contribution in [0.2, 0.25) is 0 Å². The molecular formula is C11H21BrF3NO. The van der Waals surface area contributed by atoms with E-state index < -0.39 is 12.8 Å². The highest BCUT2D eigenvalue weighted by molar-refractivity contribution is 9.09. The number of alkyl halides is 4. The van der Waals surface area contributed by atoms with E-state index in [1.807, 2.05) is 0 Å². The summed E-state index contributed by atoms with van der Waals surface area (Å²) in [5, 5.41) is 0.889. The van der Waals surface area contributed by atoms with Crippen molar-refractivity contribution in [1.29, 1.82) is 0 Å². The van der Waals surface area contributed by atoms with Gasteiger partial charge in [0.05, 0.1) is 0 Å². The van der Waals surface area contributed by atoms with Gasteiger partial charge in [-0.25, -0.2) is 0 Å². The van der Waals surface area contributed by atoms with Crippen molar-refractivity contribution in [2.24, 2.45) is 0 Å². The van der Waals surface area contributed by atoms with Crippen LogP contribution in [0.1, 0.15) is 26.2 Å². The first-order valence-electron chi connectivity index (χ1n) is 5.92. The van der Waals surface area contributed by atoms with Gasteiger partial charge in [0, 0.05) is 25.0 Å². The lowest BCUT2D eigenvalue weighted by atomic mass is 10.3. The van der Waals surface area contributed by atoms with Crippen LogP contribution < -0.4 is 0 Å². The normalized spacial score (nSPS) is 12.4. The second-order valence-electron chi connectivity index (χ2n) is 3.91. The Morgan fingerprint density at radius 2 is 1.76 bits per heavy atom. The smallest absolute Gasteiger partial charge is 0.372 e. The summed E-state index contributed by atoms with van der Waals surface area (Å²) in [5.74, 6) is 0. The highest BCUT2D eigenvalue weighted by Gasteiger charge is 2.27. The van der Waals surface area contributed by atoms with Gasteiger partial charge in [-0.2, -0.15) is 13.2 Å². The molecule has 0 fully saturated rings. The van der Waals surface area contributed by atoms with Crippen molar-refractivity contribution in [3.8, 4) is 0 Å². The monoisotopic (exact) mass is 319 g/mol. The van der Waals surface area contributed by atoms with Crippen molar-refractivity contribution in [2.45, 2.75) is 32.4 Å². The van der Waals surface area contributed by atoms with Crippen molar-refractivity contribution < 1.29 is 17.9 Å². The Hall–Kier alpha value is 0.190. The average Bonchev–Trinajstić information content (AvgIpc) is 2.23. The Morgan fingerprint density at radius 3 is 2.29 bits per heavy atom. The molecule has 104 valence electrons. The lowest BCUT2D eigenvalue weighted by molar-refractivity contribution is -0.174. The molecule has 0 saturated carbocycles. The number of unbranched alkanes of at least 4 members (excludes halogenated alkanes) is 1. The molecule has 0 atom stereocenters. The number of ether oxygens (including phenoxy) is 1. The number of hydrogen-bond acceptors (Lipinski definition) is 2. The van der Waals surface area contributed by atoms with E-state index >= 15 is 0 Å². The third kappa shape index (κ3) is 12.4. The minimum Gasteiger partial charge on any atom is -0.372 e. The summed E-state index contributed by atoms with van der Waals surface area (Å²) in [6, 6.07) is 0. The molecule has 0 aromatic rings. The van der Waals surface area contributed by atoms with Crippen molar-refractivity contribution in [2.75, 3.05) is 38.2 Å². The first-order chi connectivity index (χ1) is 7.99. The summed E-state index contributed by atoms with van der Waals surface area (Å²) < 4.78 is 39.9. The minimum atomic E-state index is -4.21. The molecule has 0 amide bonds. The van der Waals surface area contributed by atoms with Gasteiger partial charge in [-0.15, -0.1) is 0 Å². The van der Waals surface area contributed by atoms with Gasteiger partial charge in [-0.3, -0.25) is 0 Å². The molecule has 0 saturated heterocycles. The highest BCUT2D eigenvalue weighted by atomic mass is 79.9. The van der Waals surface area contributed by atoms with E-state index in [2.05, 4.69) is 32.5 Å². The lowest BCUT2D eigenvalue weighted by Gasteiger charge is -2.20. The molecule has 6 heteroatoms. The van der Waals surface area contributed by atoms with Crippen LogP contribution in [-0.2, 0) is 4.74 Å². The van der Waals surface area contributed by atoms with Crippen molar-refractivity contribution >= 4 is 15.9 Å². The summed E-state index contributed by atoms with van der Waals surface area (Å²) in [4.78, 5) is 2.25. The zero-order valence-electron chi connectivity index (χ0n) is 10.2. The van der Waals surface area contributed by atoms with E-state index in [0.29, 0.717) is 6.42 Å². The van der Waals surface area contributed by atoms with Gasteiger partial charge in [-0.1, -0.05) is 29.3 Å². The summed E-state index contributed by atoms with van der Waals surface area (Å²) in [5.41, 5.74) is 0. The van der Waals surface area contributed by atoms with Crippen molar-refractivity contribution in [3.05, 3.63) is 0 Å². The third-order valence-corrected chi connectivity index (χ3v) is 2.61. The molecule has 0 spiro atoms. The second-order valence-corrected chi connectivity index (χ2v) is 4.70. The Kier molecular flexibility index (Phi) is 10.3. The largest absolute Gasteiger partial charge is 0.411 e. The average molecular weight is 320 g/mol. The van der Waals surface area contributed by atoms with E-state index in [9.17, 15) is 13.2 Å². The molecule has 0 bridgehead atoms. The third-order valence-electron chi connectivity index (χ3n) is 2.26. The van der Waals surface area contributed by atoms with Gasteiger partial charge in [0.2, 0.25) is 0 Å². The van der Waals surface area contributed by atoms with Crippen LogP contribution in [0.4, 0.5) is 13.2 Å². The summed E-state index contributed by atoms with van der Waals surface area (Å²) in [6.45, 7) is 3.88. The van der Waals surface area contributed by atoms with Crippen LogP contribution in [0, 0.1) is 0 Å². The number of nitrogens with zero attached hydrogens (tertiary/aromatic N) is 1. The maximum Gasteiger partial charge on any atom is 0.411 e. The van der Waals surface area contributed by atoms with Crippen LogP contribution in [0.5, 0.6) is 0 Å². The maximum absolute atomic E-state index is 11.8. The molecule has 0 heterocycles. The van der Waals surface area contributed by atoms with E-state index in [0.717, 1.165) is 37.8 Å². The predicted molar refractivity (Wildman–Crippen MR) is 66.6 cm³/mol. The van der Waals surface area contributed by atoms with Crippen LogP contribution in [0.15, 0.2) is 0 Å². The van der Waals surface area contributed by atoms with E-state index in [1.54, 1.807) is 0 Å². The highest BCUT2D eigenvalue weighted by Crippen LogP contribution is 2.14. The van der Waals surface area contributed by atoms with Gasteiger partial charge in [0.25, 0.3) is 0 Å². The van der Waals surface area contributed by atoms with Crippen LogP contribution >= 0.6 is 15.9 Å². The Morgan fingerprint density at radius 1 is 1.12 bits per heavy atom. The maximum atomic E-state index is 11.8. The van der Waals surface area contributed by atoms with Gasteiger partial charge in [0.1, 0.15) is 6.61 Å². The quantitative estimate of drug-likeness (QED) is 0.451. The van der Waals surface area contributed by atoms with Gasteiger partial charge in [0.15, 0.2) is 0 Å². The Bertz CT molecular complexity index is 179. The van der Waals surface area contributed by atoms with Crippen LogP contribution in [0.3, 0.4) is 0 Å². The number of halogens is 4. The Balaban J connectivity index is 3.53. The second kappa shape index (κ2) is 10.1. The molecule has 0 aliphatic heterocycles. The molecule has 17 heavy (non-hydrogen) atoms. The zero-order chi connectivity index (χ0) is 13.1. The summed E-state index contributed by atoms with van der Waals surface area (Å²) >= 11 is 3.37. The summed E-state index contributed by atoms with van der Waals surface area (Å²) in [6.07, 6.45) is -1.32. The van der Waals surface area contributed by atoms with Gasteiger partial charge in [-0.05, 0) is 19.4 Å². The molecule has 0 aliphatic carbocycles. The number of rotatable bonds is 10. The first kappa shape index (κ1) is 17.2. The molecule has 0 N–H and O–H groups in total. The lowest BCUT2D eigenvalue weighted by Crippen LogP contribution is -2.29. The van der Waals surface area contributed by atoms with Gasteiger partial charge < -0.3 is 9.64 Å². The summed E-state index contributed by atoms with van der Waals surface area (Å²) in [7, 11) is 0. The minimum absolute atomic E-state index is 0.171. The first-order valence-corrected chi connectivity index (χ1v) is 7.04. The molecule has 0 aliphatic rings. The molecule has 0 unspecified atom stereocenters. The molecule has 2 nitrogen and oxygen atoms in total. The van der Waals surface area contributed by atoms with E-state index in [-0.39, 0.29) is 6.61 Å². The molecule has 0 aromatic carbocycles. The zero-order valence-corrected chi connectivity index (χ0v) is 11.8. The molecular weight excluding hydrogens is 299 g/mol. The van der Waals surface area contributed by atoms with Crippen molar-refractivity contribution in [3.63, 3.8) is 0 Å². The molecule has 0 rings (SSSR count). The van der Waals surface area contributed by atoms with Crippen LogP contribution in [0.25, 0.3) is 0 Å². The standard InChI is InChI=1S/C11H21BrF3NO/c1-2-3-6-16(8-5-12)7-4-9-17-10-11(13,14)15/h2-10H2,1H3. The molecule has 0 radical (unpaired) electrons. The fraction of sp³-hybridized carbons (Fsp3) is 1.00.